The Balaban J connectivity index is 1.87. The van der Waals surface area contributed by atoms with Crippen molar-refractivity contribution >= 4 is 44.9 Å². The van der Waals surface area contributed by atoms with Crippen molar-refractivity contribution in [3.05, 3.63) is 52.5 Å². The van der Waals surface area contributed by atoms with Crippen LogP contribution in [0.1, 0.15) is 56.3 Å². The highest BCUT2D eigenvalue weighted by atomic mass is 79.9. The lowest BCUT2D eigenvalue weighted by Crippen LogP contribution is -2.34. The molecular formula is C23H29BrN2O3S. The molecule has 2 aromatic carbocycles. The van der Waals surface area contributed by atoms with Crippen LogP contribution in [-0.4, -0.2) is 24.2 Å². The third-order valence-corrected chi connectivity index (χ3v) is 5.07. The predicted octanol–water partition coefficient (Wildman–Crippen LogP) is 6.32. The monoisotopic (exact) mass is 492 g/mol. The van der Waals surface area contributed by atoms with Crippen molar-refractivity contribution in [3.8, 4) is 11.5 Å². The first-order valence-corrected chi connectivity index (χ1v) is 11.5. The molecule has 30 heavy (non-hydrogen) atoms. The largest absolute Gasteiger partial charge is 0.494 e. The lowest BCUT2D eigenvalue weighted by molar-refractivity contribution is 0.0977. The van der Waals surface area contributed by atoms with E-state index in [4.69, 9.17) is 21.7 Å². The molecule has 0 fully saturated rings. The molecule has 0 spiro atoms. The highest BCUT2D eigenvalue weighted by molar-refractivity contribution is 9.10. The molecule has 0 aliphatic rings. The first kappa shape index (κ1) is 24.2. The third kappa shape index (κ3) is 8.32. The van der Waals surface area contributed by atoms with Crippen molar-refractivity contribution in [1.29, 1.82) is 0 Å². The highest BCUT2D eigenvalue weighted by Crippen LogP contribution is 2.26. The summed E-state index contributed by atoms with van der Waals surface area (Å²) in [7, 11) is 0. The first-order chi connectivity index (χ1) is 14.5. The minimum absolute atomic E-state index is 0.222. The Morgan fingerprint density at radius 2 is 1.83 bits per heavy atom. The zero-order valence-electron chi connectivity index (χ0n) is 17.5. The maximum Gasteiger partial charge on any atom is 0.257 e. The summed E-state index contributed by atoms with van der Waals surface area (Å²) in [6, 6.07) is 12.7. The van der Waals surface area contributed by atoms with Crippen LogP contribution in [-0.2, 0) is 0 Å². The molecule has 5 nitrogen and oxygen atoms in total. The number of carbonyl (C=O) groups excluding carboxylic acids is 1. The fourth-order valence-electron chi connectivity index (χ4n) is 2.69. The number of hydrogen-bond donors (Lipinski definition) is 2. The molecule has 0 aliphatic heterocycles. The normalized spacial score (nSPS) is 10.4. The molecule has 0 aliphatic carbocycles. The summed E-state index contributed by atoms with van der Waals surface area (Å²) in [4.78, 5) is 12.5. The summed E-state index contributed by atoms with van der Waals surface area (Å²) in [6.45, 7) is 5.55. The van der Waals surface area contributed by atoms with Crippen LogP contribution in [0.5, 0.6) is 11.5 Å². The summed E-state index contributed by atoms with van der Waals surface area (Å²) in [5, 5.41) is 5.93. The molecule has 2 aromatic rings. The molecule has 0 aromatic heterocycles. The Labute approximate surface area is 192 Å². The Bertz CT molecular complexity index is 845. The van der Waals surface area contributed by atoms with Gasteiger partial charge in [0.2, 0.25) is 0 Å². The minimum Gasteiger partial charge on any atom is -0.494 e. The van der Waals surface area contributed by atoms with E-state index in [1.165, 1.54) is 12.8 Å². The van der Waals surface area contributed by atoms with Gasteiger partial charge in [0.1, 0.15) is 11.5 Å². The molecule has 0 heterocycles. The van der Waals surface area contributed by atoms with Crippen LogP contribution in [0, 0.1) is 0 Å². The Kier molecular flexibility index (Phi) is 10.7. The molecule has 0 saturated carbocycles. The van der Waals surface area contributed by atoms with Gasteiger partial charge >= 0.3 is 0 Å². The van der Waals surface area contributed by atoms with Gasteiger partial charge in [-0.05, 0) is 71.3 Å². The van der Waals surface area contributed by atoms with Crippen molar-refractivity contribution < 1.29 is 14.3 Å². The summed E-state index contributed by atoms with van der Waals surface area (Å²) < 4.78 is 12.1. The molecule has 0 atom stereocenters. The second-order valence-corrected chi connectivity index (χ2v) is 8.10. The van der Waals surface area contributed by atoms with E-state index in [-0.39, 0.29) is 11.0 Å². The average Bonchev–Trinajstić information content (AvgIpc) is 2.73. The van der Waals surface area contributed by atoms with E-state index in [0.717, 1.165) is 40.9 Å². The van der Waals surface area contributed by atoms with Gasteiger partial charge in [-0.15, -0.1) is 0 Å². The lowest BCUT2D eigenvalue weighted by atomic mass is 10.2. The topological polar surface area (TPSA) is 59.6 Å². The molecule has 2 rings (SSSR count). The van der Waals surface area contributed by atoms with Crippen LogP contribution in [0.3, 0.4) is 0 Å². The number of rotatable bonds is 11. The number of ether oxygens (including phenoxy) is 2. The summed E-state index contributed by atoms with van der Waals surface area (Å²) in [5.74, 6) is 1.19. The smallest absolute Gasteiger partial charge is 0.257 e. The zero-order chi connectivity index (χ0) is 21.8. The summed E-state index contributed by atoms with van der Waals surface area (Å²) in [5.41, 5.74) is 1.24. The molecule has 0 bridgehead atoms. The van der Waals surface area contributed by atoms with Crippen molar-refractivity contribution in [3.63, 3.8) is 0 Å². The Morgan fingerprint density at radius 3 is 2.57 bits per heavy atom. The number of benzene rings is 2. The minimum atomic E-state index is -0.291. The van der Waals surface area contributed by atoms with Gasteiger partial charge in [-0.1, -0.05) is 39.2 Å². The van der Waals surface area contributed by atoms with Gasteiger partial charge in [0.15, 0.2) is 5.11 Å². The van der Waals surface area contributed by atoms with Crippen LogP contribution in [0.2, 0.25) is 0 Å². The maximum atomic E-state index is 12.5. The number of anilines is 1. The fraction of sp³-hybridized carbons (Fsp3) is 0.391. The van der Waals surface area contributed by atoms with Gasteiger partial charge < -0.3 is 14.8 Å². The van der Waals surface area contributed by atoms with E-state index in [0.29, 0.717) is 18.8 Å². The quantitative estimate of drug-likeness (QED) is 0.283. The van der Waals surface area contributed by atoms with Gasteiger partial charge in [0.05, 0.1) is 17.7 Å². The summed E-state index contributed by atoms with van der Waals surface area (Å²) in [6.07, 6.45) is 5.53. The van der Waals surface area contributed by atoms with Crippen LogP contribution in [0.25, 0.3) is 0 Å². The van der Waals surface area contributed by atoms with Gasteiger partial charge in [0.25, 0.3) is 5.91 Å². The van der Waals surface area contributed by atoms with Gasteiger partial charge in [-0.25, -0.2) is 0 Å². The molecule has 1 amide bonds. The van der Waals surface area contributed by atoms with E-state index in [1.54, 1.807) is 18.2 Å². The van der Waals surface area contributed by atoms with Crippen LogP contribution < -0.4 is 20.1 Å². The SMILES string of the molecule is CCCCCCOc1ccc(C(=O)NC(=S)Nc2cccc(OCCC)c2)cc1Br. The third-order valence-electron chi connectivity index (χ3n) is 4.24. The van der Waals surface area contributed by atoms with Gasteiger partial charge in [-0.2, -0.15) is 0 Å². The Hall–Kier alpha value is -2.12. The van der Waals surface area contributed by atoms with E-state index in [1.807, 2.05) is 24.3 Å². The molecule has 2 N–H and O–H groups in total. The number of carbonyl (C=O) groups is 1. The van der Waals surface area contributed by atoms with E-state index >= 15 is 0 Å². The van der Waals surface area contributed by atoms with E-state index < -0.39 is 0 Å². The zero-order valence-corrected chi connectivity index (χ0v) is 19.9. The number of unbranched alkanes of at least 4 members (excludes halogenated alkanes) is 3. The summed E-state index contributed by atoms with van der Waals surface area (Å²) >= 11 is 8.75. The predicted molar refractivity (Wildman–Crippen MR) is 130 cm³/mol. The second-order valence-electron chi connectivity index (χ2n) is 6.84. The standard InChI is InChI=1S/C23H29BrN2O3S/c1-3-5-6-7-14-29-21-12-11-17(15-20(21)24)22(27)26-23(30)25-18-9-8-10-19(16-18)28-13-4-2/h8-12,15-16H,3-7,13-14H2,1-2H3,(H2,25,26,27,30). The van der Waals surface area contributed by atoms with Gasteiger partial charge in [0, 0.05) is 17.3 Å². The van der Waals surface area contributed by atoms with Crippen molar-refractivity contribution in [2.45, 2.75) is 46.0 Å². The number of amides is 1. The number of nitrogens with one attached hydrogen (secondary N) is 2. The van der Waals surface area contributed by atoms with E-state index in [2.05, 4.69) is 40.4 Å². The number of hydrogen-bond acceptors (Lipinski definition) is 4. The average molecular weight is 493 g/mol. The molecule has 7 heteroatoms. The van der Waals surface area contributed by atoms with E-state index in [9.17, 15) is 4.79 Å². The van der Waals surface area contributed by atoms with Crippen LogP contribution >= 0.6 is 28.1 Å². The molecule has 0 saturated heterocycles. The molecule has 162 valence electrons. The molecule has 0 unspecified atom stereocenters. The number of thiocarbonyl (C=S) groups is 1. The lowest BCUT2D eigenvalue weighted by Gasteiger charge is -2.12. The fourth-order valence-corrected chi connectivity index (χ4v) is 3.40. The van der Waals surface area contributed by atoms with Crippen LogP contribution in [0.15, 0.2) is 46.9 Å². The van der Waals surface area contributed by atoms with Crippen molar-refractivity contribution in [2.24, 2.45) is 0 Å². The first-order valence-electron chi connectivity index (χ1n) is 10.3. The number of halogens is 1. The Morgan fingerprint density at radius 1 is 1.00 bits per heavy atom. The maximum absolute atomic E-state index is 12.5. The highest BCUT2D eigenvalue weighted by Gasteiger charge is 2.11. The molecule has 0 radical (unpaired) electrons. The molecular weight excluding hydrogens is 464 g/mol. The second kappa shape index (κ2) is 13.2. The van der Waals surface area contributed by atoms with Crippen molar-refractivity contribution in [1.82, 2.24) is 5.32 Å². The van der Waals surface area contributed by atoms with Crippen molar-refractivity contribution in [2.75, 3.05) is 18.5 Å². The van der Waals surface area contributed by atoms with Crippen LogP contribution in [0.4, 0.5) is 5.69 Å². The van der Waals surface area contributed by atoms with Gasteiger partial charge in [-0.3, -0.25) is 10.1 Å².